The normalized spacial score (nSPS) is 8.93. The Hall–Kier alpha value is -1.41. The van der Waals surface area contributed by atoms with Gasteiger partial charge in [-0.15, -0.1) is 12.6 Å². The molecule has 0 unspecified atom stereocenters. The molecule has 0 heterocycles. The van der Waals surface area contributed by atoms with Crippen LogP contribution in [0.15, 0.2) is 59.5 Å². The van der Waals surface area contributed by atoms with E-state index in [-0.39, 0.29) is 0 Å². The Morgan fingerprint density at radius 1 is 0.867 bits per heavy atom. The van der Waals surface area contributed by atoms with E-state index in [4.69, 9.17) is 5.73 Å². The van der Waals surface area contributed by atoms with Gasteiger partial charge < -0.3 is 5.73 Å². The zero-order valence-corrected chi connectivity index (χ0v) is 9.62. The van der Waals surface area contributed by atoms with Crippen molar-refractivity contribution in [3.8, 4) is 0 Å². The average Bonchev–Trinajstić information content (AvgIpc) is 2.25. The average molecular weight is 217 g/mol. The van der Waals surface area contributed by atoms with E-state index in [9.17, 15) is 0 Å². The Kier molecular flexibility index (Phi) is 4.78. The molecule has 0 fully saturated rings. The van der Waals surface area contributed by atoms with Crippen LogP contribution in [-0.4, -0.2) is 0 Å². The highest BCUT2D eigenvalue weighted by Gasteiger charge is 1.85. The third kappa shape index (κ3) is 4.56. The summed E-state index contributed by atoms with van der Waals surface area (Å²) in [4.78, 5) is 0.840. The predicted molar refractivity (Wildman–Crippen MR) is 69.3 cm³/mol. The third-order valence-electron chi connectivity index (χ3n) is 1.88. The largest absolute Gasteiger partial charge is 0.398 e. The van der Waals surface area contributed by atoms with Crippen molar-refractivity contribution >= 4 is 18.3 Å². The quantitative estimate of drug-likeness (QED) is 0.512. The molecule has 0 spiro atoms. The SMILES string of the molecule is Cc1ccccc1.Nc1ccccc1S. The standard InChI is InChI=1S/C7H8.C6H7NS/c1-7-5-3-2-4-6-7;7-5-3-1-2-4-6(5)8/h2-6H,1H3;1-4,8H,7H2. The molecule has 0 aliphatic rings. The summed E-state index contributed by atoms with van der Waals surface area (Å²) in [6.45, 7) is 2.08. The molecule has 0 aliphatic carbocycles. The monoisotopic (exact) mass is 217 g/mol. The Morgan fingerprint density at radius 3 is 1.73 bits per heavy atom. The van der Waals surface area contributed by atoms with E-state index < -0.39 is 0 Å². The molecular formula is C13H15NS. The lowest BCUT2D eigenvalue weighted by atomic mass is 10.2. The minimum atomic E-state index is 0.732. The molecule has 2 aromatic rings. The molecule has 15 heavy (non-hydrogen) atoms. The van der Waals surface area contributed by atoms with E-state index in [0.717, 1.165) is 10.6 Å². The van der Waals surface area contributed by atoms with Crippen LogP contribution in [0.4, 0.5) is 5.69 Å². The first-order valence-electron chi connectivity index (χ1n) is 4.75. The highest BCUT2D eigenvalue weighted by molar-refractivity contribution is 7.80. The Bertz CT molecular complexity index is 377. The Labute approximate surface area is 96.4 Å². The zero-order chi connectivity index (χ0) is 11.1. The number of hydrogen-bond donors (Lipinski definition) is 2. The number of hydrogen-bond acceptors (Lipinski definition) is 2. The lowest BCUT2D eigenvalue weighted by Gasteiger charge is -1.92. The van der Waals surface area contributed by atoms with Gasteiger partial charge in [-0.05, 0) is 19.1 Å². The number of nitrogens with two attached hydrogens (primary N) is 1. The lowest BCUT2D eigenvalue weighted by Crippen LogP contribution is -1.83. The van der Waals surface area contributed by atoms with Gasteiger partial charge in [0.05, 0.1) is 0 Å². The van der Waals surface area contributed by atoms with Gasteiger partial charge in [0, 0.05) is 10.6 Å². The summed E-state index contributed by atoms with van der Waals surface area (Å²) in [5, 5.41) is 0. The Morgan fingerprint density at radius 2 is 1.40 bits per heavy atom. The molecule has 0 saturated carbocycles. The van der Waals surface area contributed by atoms with Crippen molar-refractivity contribution in [2.45, 2.75) is 11.8 Å². The summed E-state index contributed by atoms with van der Waals surface area (Å²) in [6.07, 6.45) is 0. The number of nitrogen functional groups attached to an aromatic ring is 1. The molecule has 2 heteroatoms. The molecule has 2 aromatic carbocycles. The molecule has 0 bridgehead atoms. The highest BCUT2D eigenvalue weighted by atomic mass is 32.1. The van der Waals surface area contributed by atoms with Gasteiger partial charge in [-0.25, -0.2) is 0 Å². The van der Waals surface area contributed by atoms with Gasteiger partial charge in [-0.1, -0.05) is 48.0 Å². The second kappa shape index (κ2) is 6.14. The topological polar surface area (TPSA) is 26.0 Å². The van der Waals surface area contributed by atoms with Crippen molar-refractivity contribution in [3.63, 3.8) is 0 Å². The van der Waals surface area contributed by atoms with Crippen LogP contribution in [0, 0.1) is 6.92 Å². The van der Waals surface area contributed by atoms with Crippen LogP contribution in [-0.2, 0) is 0 Å². The summed E-state index contributed by atoms with van der Waals surface area (Å²) in [5.74, 6) is 0. The Balaban J connectivity index is 0.000000151. The van der Waals surface area contributed by atoms with E-state index in [2.05, 4.69) is 31.7 Å². The van der Waals surface area contributed by atoms with Gasteiger partial charge in [0.15, 0.2) is 0 Å². The summed E-state index contributed by atoms with van der Waals surface area (Å²) in [7, 11) is 0. The fourth-order valence-electron chi connectivity index (χ4n) is 1.02. The lowest BCUT2D eigenvalue weighted by molar-refractivity contribution is 1.48. The third-order valence-corrected chi connectivity index (χ3v) is 2.28. The molecule has 0 atom stereocenters. The van der Waals surface area contributed by atoms with E-state index in [1.165, 1.54) is 5.56 Å². The van der Waals surface area contributed by atoms with Crippen LogP contribution in [0.25, 0.3) is 0 Å². The van der Waals surface area contributed by atoms with Crippen LogP contribution < -0.4 is 5.73 Å². The fraction of sp³-hybridized carbons (Fsp3) is 0.0769. The maximum Gasteiger partial charge on any atom is 0.0449 e. The summed E-state index contributed by atoms with van der Waals surface area (Å²) < 4.78 is 0. The summed E-state index contributed by atoms with van der Waals surface area (Å²) in [5.41, 5.74) is 7.50. The summed E-state index contributed by atoms with van der Waals surface area (Å²) >= 11 is 4.07. The van der Waals surface area contributed by atoms with Gasteiger partial charge >= 0.3 is 0 Å². The van der Waals surface area contributed by atoms with E-state index in [1.54, 1.807) is 0 Å². The van der Waals surface area contributed by atoms with Crippen molar-refractivity contribution in [3.05, 3.63) is 60.2 Å². The van der Waals surface area contributed by atoms with Crippen LogP contribution in [0.1, 0.15) is 5.56 Å². The molecule has 0 saturated heterocycles. The maximum atomic E-state index is 5.44. The smallest absolute Gasteiger partial charge is 0.0449 e. The van der Waals surface area contributed by atoms with Crippen LogP contribution in [0.5, 0.6) is 0 Å². The van der Waals surface area contributed by atoms with Crippen LogP contribution in [0.3, 0.4) is 0 Å². The van der Waals surface area contributed by atoms with Gasteiger partial charge in [-0.3, -0.25) is 0 Å². The number of aryl methyl sites for hydroxylation is 1. The van der Waals surface area contributed by atoms with Gasteiger partial charge in [0.1, 0.15) is 0 Å². The maximum absolute atomic E-state index is 5.44. The number of anilines is 1. The second-order valence-electron chi connectivity index (χ2n) is 3.21. The van der Waals surface area contributed by atoms with Gasteiger partial charge in [-0.2, -0.15) is 0 Å². The molecule has 0 aliphatic heterocycles. The highest BCUT2D eigenvalue weighted by Crippen LogP contribution is 2.13. The second-order valence-corrected chi connectivity index (χ2v) is 3.70. The molecule has 0 aromatic heterocycles. The first-order valence-corrected chi connectivity index (χ1v) is 5.20. The number of rotatable bonds is 0. The minimum Gasteiger partial charge on any atom is -0.398 e. The summed E-state index contributed by atoms with van der Waals surface area (Å²) in [6, 6.07) is 17.7. The molecule has 1 nitrogen and oxygen atoms in total. The number of thiol groups is 1. The molecule has 0 radical (unpaired) electrons. The molecule has 2 rings (SSSR count). The van der Waals surface area contributed by atoms with Crippen molar-refractivity contribution in [1.29, 1.82) is 0 Å². The van der Waals surface area contributed by atoms with Crippen molar-refractivity contribution in [2.24, 2.45) is 0 Å². The van der Waals surface area contributed by atoms with E-state index in [0.29, 0.717) is 0 Å². The first kappa shape index (κ1) is 11.7. The fourth-order valence-corrected chi connectivity index (χ4v) is 1.18. The van der Waals surface area contributed by atoms with E-state index in [1.807, 2.05) is 42.5 Å². The molecule has 0 amide bonds. The van der Waals surface area contributed by atoms with Crippen molar-refractivity contribution < 1.29 is 0 Å². The minimum absolute atomic E-state index is 0.732. The van der Waals surface area contributed by atoms with E-state index >= 15 is 0 Å². The van der Waals surface area contributed by atoms with Crippen molar-refractivity contribution in [1.82, 2.24) is 0 Å². The van der Waals surface area contributed by atoms with Crippen molar-refractivity contribution in [2.75, 3.05) is 5.73 Å². The molecule has 78 valence electrons. The first-order chi connectivity index (χ1) is 7.20. The van der Waals surface area contributed by atoms with Gasteiger partial charge in [0.25, 0.3) is 0 Å². The number of benzene rings is 2. The molecular weight excluding hydrogens is 202 g/mol. The molecule has 2 N–H and O–H groups in total. The van der Waals surface area contributed by atoms with Crippen LogP contribution in [0.2, 0.25) is 0 Å². The number of para-hydroxylation sites is 1. The zero-order valence-electron chi connectivity index (χ0n) is 8.72. The predicted octanol–water partition coefficient (Wildman–Crippen LogP) is 3.55. The van der Waals surface area contributed by atoms with Crippen LogP contribution >= 0.6 is 12.6 Å². The van der Waals surface area contributed by atoms with Gasteiger partial charge in [0.2, 0.25) is 0 Å².